The normalized spacial score (nSPS) is 28.3. The van der Waals surface area contributed by atoms with E-state index in [1.165, 1.54) is 0 Å². The zero-order valence-corrected chi connectivity index (χ0v) is 11.3. The lowest BCUT2D eigenvalue weighted by Crippen LogP contribution is -2.36. The third-order valence-electron chi connectivity index (χ3n) is 2.62. The molecular weight excluding hydrogens is 300 g/mol. The Morgan fingerprint density at radius 3 is 2.39 bits per heavy atom. The fourth-order valence-corrected chi connectivity index (χ4v) is 2.16. The van der Waals surface area contributed by atoms with Crippen LogP contribution in [0.5, 0.6) is 0 Å². The average Bonchev–Trinajstić information content (AvgIpc) is 2.74. The first-order valence-electron chi connectivity index (χ1n) is 5.15. The van der Waals surface area contributed by atoms with E-state index in [1.54, 1.807) is 24.3 Å². The molecule has 1 heterocycles. The number of benzene rings is 1. The van der Waals surface area contributed by atoms with Crippen LogP contribution >= 0.6 is 34.8 Å². The number of carboxylic acids is 1. The van der Waals surface area contributed by atoms with Crippen molar-refractivity contribution in [3.63, 3.8) is 0 Å². The van der Waals surface area contributed by atoms with Crippen molar-refractivity contribution in [2.75, 3.05) is 0 Å². The van der Waals surface area contributed by atoms with Gasteiger partial charge in [0.1, 0.15) is 0 Å². The van der Waals surface area contributed by atoms with Gasteiger partial charge in [0.25, 0.3) is 0 Å². The Bertz CT molecular complexity index is 435. The lowest BCUT2D eigenvalue weighted by Gasteiger charge is -2.19. The largest absolute Gasteiger partial charge is 0.479 e. The van der Waals surface area contributed by atoms with Gasteiger partial charge >= 0.3 is 5.97 Å². The minimum atomic E-state index is -1.72. The Labute approximate surface area is 119 Å². The predicted octanol–water partition coefficient (Wildman–Crippen LogP) is 2.50. The van der Waals surface area contributed by atoms with Crippen LogP contribution in [0, 0.1) is 0 Å². The molecule has 0 bridgehead atoms. The molecule has 1 saturated heterocycles. The van der Waals surface area contributed by atoms with Crippen molar-refractivity contribution in [3.05, 3.63) is 35.9 Å². The molecule has 0 saturated carbocycles. The van der Waals surface area contributed by atoms with Gasteiger partial charge in [-0.15, -0.1) is 0 Å². The summed E-state index contributed by atoms with van der Waals surface area (Å²) in [7, 11) is 0. The molecule has 3 atom stereocenters. The molecule has 2 N–H and O–H groups in total. The third kappa shape index (κ3) is 2.90. The fraction of sp³-hybridized carbons (Fsp3) is 0.364. The number of carboxylic acid groups (broad SMARTS) is 1. The second kappa shape index (κ2) is 5.23. The molecule has 2 rings (SSSR count). The summed E-state index contributed by atoms with van der Waals surface area (Å²) in [5.74, 6) is -1.10. The molecule has 98 valence electrons. The number of alkyl halides is 3. The van der Waals surface area contributed by atoms with Crippen molar-refractivity contribution in [3.8, 4) is 0 Å². The van der Waals surface area contributed by atoms with Crippen LogP contribution in [0.3, 0.4) is 0 Å². The molecular formula is C11H10Cl3NO3. The van der Waals surface area contributed by atoms with E-state index in [2.05, 4.69) is 5.32 Å². The number of halogens is 3. The second-order valence-electron chi connectivity index (χ2n) is 3.87. The molecule has 4 nitrogen and oxygen atoms in total. The fourth-order valence-electron chi connectivity index (χ4n) is 1.82. The van der Waals surface area contributed by atoms with Crippen molar-refractivity contribution < 1.29 is 14.6 Å². The van der Waals surface area contributed by atoms with Gasteiger partial charge in [0.15, 0.2) is 12.3 Å². The number of hydrogen-bond acceptors (Lipinski definition) is 3. The number of nitrogens with one attached hydrogen (secondary N) is 1. The van der Waals surface area contributed by atoms with E-state index >= 15 is 0 Å². The Balaban J connectivity index is 2.26. The van der Waals surface area contributed by atoms with Crippen molar-refractivity contribution in [1.82, 2.24) is 5.32 Å². The highest BCUT2D eigenvalue weighted by atomic mass is 35.6. The molecule has 1 unspecified atom stereocenters. The quantitative estimate of drug-likeness (QED) is 0.824. The highest BCUT2D eigenvalue weighted by Crippen LogP contribution is 2.38. The Morgan fingerprint density at radius 1 is 1.28 bits per heavy atom. The van der Waals surface area contributed by atoms with Crippen LogP contribution in [0.2, 0.25) is 0 Å². The Hall–Kier alpha value is -0.520. The van der Waals surface area contributed by atoms with E-state index in [0.717, 1.165) is 5.56 Å². The molecule has 0 amide bonds. The van der Waals surface area contributed by atoms with Crippen molar-refractivity contribution >= 4 is 40.8 Å². The van der Waals surface area contributed by atoms with Crippen LogP contribution in [0.1, 0.15) is 11.6 Å². The standard InChI is InChI=1S/C11H10Cl3NO3/c12-11(13,14)10-15-7(8(18-10)9(16)17)6-4-2-1-3-5-6/h1-5,7-8,10,15H,(H,16,17)/t7-,8+,10?/m0/s1. The molecule has 18 heavy (non-hydrogen) atoms. The van der Waals surface area contributed by atoms with Gasteiger partial charge in [-0.3, -0.25) is 5.32 Å². The van der Waals surface area contributed by atoms with Gasteiger partial charge < -0.3 is 9.84 Å². The first kappa shape index (κ1) is 13.9. The summed E-state index contributed by atoms with van der Waals surface area (Å²) in [4.78, 5) is 11.2. The molecule has 0 aromatic heterocycles. The number of carbonyl (C=O) groups is 1. The van der Waals surface area contributed by atoms with E-state index in [9.17, 15) is 4.79 Å². The summed E-state index contributed by atoms with van der Waals surface area (Å²) in [5, 5.41) is 12.0. The molecule has 1 aromatic rings. The molecule has 1 fully saturated rings. The third-order valence-corrected chi connectivity index (χ3v) is 3.21. The van der Waals surface area contributed by atoms with E-state index in [-0.39, 0.29) is 0 Å². The molecule has 1 aliphatic rings. The summed E-state index contributed by atoms with van der Waals surface area (Å²) in [6, 6.07) is 8.47. The summed E-state index contributed by atoms with van der Waals surface area (Å²) >= 11 is 17.1. The van der Waals surface area contributed by atoms with Crippen LogP contribution in [0.25, 0.3) is 0 Å². The minimum Gasteiger partial charge on any atom is -0.479 e. The van der Waals surface area contributed by atoms with Crippen LogP contribution in [-0.4, -0.2) is 27.2 Å². The summed E-state index contributed by atoms with van der Waals surface area (Å²) < 4.78 is 3.52. The summed E-state index contributed by atoms with van der Waals surface area (Å²) in [6.45, 7) is 0. The smallest absolute Gasteiger partial charge is 0.334 e. The van der Waals surface area contributed by atoms with Gasteiger partial charge in [-0.1, -0.05) is 65.1 Å². The van der Waals surface area contributed by atoms with E-state index in [1.807, 2.05) is 6.07 Å². The van der Waals surface area contributed by atoms with Gasteiger partial charge in [-0.05, 0) is 5.56 Å². The van der Waals surface area contributed by atoms with Gasteiger partial charge in [-0.25, -0.2) is 4.79 Å². The highest BCUT2D eigenvalue weighted by Gasteiger charge is 2.47. The summed E-state index contributed by atoms with van der Waals surface area (Å²) in [5.41, 5.74) is 0.765. The maximum Gasteiger partial charge on any atom is 0.334 e. The van der Waals surface area contributed by atoms with Gasteiger partial charge in [0.05, 0.1) is 6.04 Å². The van der Waals surface area contributed by atoms with Crippen molar-refractivity contribution in [2.24, 2.45) is 0 Å². The van der Waals surface area contributed by atoms with Crippen molar-refractivity contribution in [2.45, 2.75) is 22.2 Å². The van der Waals surface area contributed by atoms with E-state index in [0.29, 0.717) is 0 Å². The van der Waals surface area contributed by atoms with Crippen LogP contribution in [0.4, 0.5) is 0 Å². The zero-order chi connectivity index (χ0) is 13.3. The Morgan fingerprint density at radius 2 is 1.89 bits per heavy atom. The lowest BCUT2D eigenvalue weighted by atomic mass is 10.0. The summed E-state index contributed by atoms with van der Waals surface area (Å²) in [6.07, 6.45) is -2.05. The van der Waals surface area contributed by atoms with Gasteiger partial charge in [0, 0.05) is 0 Å². The molecule has 0 spiro atoms. The first-order chi connectivity index (χ1) is 8.39. The van der Waals surface area contributed by atoms with Crippen LogP contribution < -0.4 is 5.32 Å². The molecule has 1 aromatic carbocycles. The molecule has 0 radical (unpaired) electrons. The first-order valence-corrected chi connectivity index (χ1v) is 6.29. The highest BCUT2D eigenvalue weighted by molar-refractivity contribution is 6.68. The van der Waals surface area contributed by atoms with Crippen LogP contribution in [0.15, 0.2) is 30.3 Å². The number of rotatable bonds is 2. The monoisotopic (exact) mass is 309 g/mol. The lowest BCUT2D eigenvalue weighted by molar-refractivity contribution is -0.150. The predicted molar refractivity (Wildman–Crippen MR) is 68.9 cm³/mol. The second-order valence-corrected chi connectivity index (χ2v) is 6.24. The SMILES string of the molecule is O=C(O)[C@@H]1OC(C(Cl)(Cl)Cl)N[C@H]1c1ccccc1. The van der Waals surface area contributed by atoms with E-state index < -0.39 is 28.1 Å². The molecule has 1 aliphatic heterocycles. The number of ether oxygens (including phenoxy) is 1. The topological polar surface area (TPSA) is 58.6 Å². The zero-order valence-electron chi connectivity index (χ0n) is 9.02. The van der Waals surface area contributed by atoms with Crippen molar-refractivity contribution in [1.29, 1.82) is 0 Å². The minimum absolute atomic E-state index is 0.552. The van der Waals surface area contributed by atoms with Gasteiger partial charge in [0.2, 0.25) is 3.79 Å². The van der Waals surface area contributed by atoms with Gasteiger partial charge in [-0.2, -0.15) is 0 Å². The van der Waals surface area contributed by atoms with Crippen LogP contribution in [-0.2, 0) is 9.53 Å². The number of hydrogen-bond donors (Lipinski definition) is 2. The average molecular weight is 311 g/mol. The number of aliphatic carboxylic acids is 1. The maximum atomic E-state index is 11.2. The molecule has 7 heteroatoms. The molecule has 0 aliphatic carbocycles. The maximum absolute atomic E-state index is 11.2. The van der Waals surface area contributed by atoms with E-state index in [4.69, 9.17) is 44.6 Å². The Kier molecular flexibility index (Phi) is 4.04.